The molecule has 5 nitrogen and oxygen atoms in total. The van der Waals surface area contributed by atoms with E-state index in [1.165, 1.54) is 4.31 Å². The van der Waals surface area contributed by atoms with Crippen LogP contribution in [0.2, 0.25) is 0 Å². The highest BCUT2D eigenvalue weighted by atomic mass is 32.2. The molecule has 0 aliphatic carbocycles. The Morgan fingerprint density at radius 2 is 1.57 bits per heavy atom. The van der Waals surface area contributed by atoms with E-state index in [4.69, 9.17) is 4.74 Å². The van der Waals surface area contributed by atoms with Gasteiger partial charge in [0.15, 0.2) is 0 Å². The van der Waals surface area contributed by atoms with Gasteiger partial charge >= 0.3 is 6.18 Å². The number of rotatable bonds is 4. The Bertz CT molecular complexity index is 928. The fourth-order valence-electron chi connectivity index (χ4n) is 2.74. The average molecular weight is 414 g/mol. The van der Waals surface area contributed by atoms with Crippen molar-refractivity contribution in [2.45, 2.75) is 43.4 Å². The second kappa shape index (κ2) is 7.04. The lowest BCUT2D eigenvalue weighted by atomic mass is 9.87. The van der Waals surface area contributed by atoms with Crippen molar-refractivity contribution in [3.8, 4) is 5.88 Å². The largest absolute Gasteiger partial charge is 0.472 e. The molecule has 1 saturated heterocycles. The zero-order valence-electron chi connectivity index (χ0n) is 15.7. The summed E-state index contributed by atoms with van der Waals surface area (Å²) in [4.78, 5) is 3.84. The van der Waals surface area contributed by atoms with Gasteiger partial charge in [-0.15, -0.1) is 0 Å². The summed E-state index contributed by atoms with van der Waals surface area (Å²) in [5, 5.41) is 0. The average Bonchev–Trinajstić information content (AvgIpc) is 2.56. The molecule has 1 fully saturated rings. The summed E-state index contributed by atoms with van der Waals surface area (Å²) in [5.74, 6) is 0.0320. The van der Waals surface area contributed by atoms with Crippen molar-refractivity contribution >= 4 is 10.0 Å². The molecule has 1 aromatic heterocycles. The van der Waals surface area contributed by atoms with Crippen LogP contribution < -0.4 is 4.74 Å². The fourth-order valence-corrected chi connectivity index (χ4v) is 4.24. The summed E-state index contributed by atoms with van der Waals surface area (Å²) >= 11 is 0. The molecule has 9 heteroatoms. The van der Waals surface area contributed by atoms with Crippen molar-refractivity contribution in [1.29, 1.82) is 0 Å². The van der Waals surface area contributed by atoms with Gasteiger partial charge in [-0.3, -0.25) is 0 Å². The number of sulfonamides is 1. The molecule has 0 atom stereocenters. The number of nitrogens with zero attached hydrogens (tertiary/aromatic N) is 2. The van der Waals surface area contributed by atoms with E-state index in [0.29, 0.717) is 6.20 Å². The van der Waals surface area contributed by atoms with Gasteiger partial charge in [0.2, 0.25) is 15.9 Å². The molecule has 0 bridgehead atoms. The SMILES string of the molecule is CC(C)(C)c1ccc(S(=O)(=O)N2CC(Oc3ccc(C(F)(F)F)cn3)C2)cc1. The van der Waals surface area contributed by atoms with E-state index in [0.717, 1.165) is 17.7 Å². The number of aromatic nitrogens is 1. The van der Waals surface area contributed by atoms with E-state index < -0.39 is 27.9 Å². The maximum absolute atomic E-state index is 12.7. The molecule has 0 radical (unpaired) electrons. The van der Waals surface area contributed by atoms with Crippen molar-refractivity contribution in [1.82, 2.24) is 9.29 Å². The van der Waals surface area contributed by atoms with Crippen LogP contribution in [0.4, 0.5) is 13.2 Å². The first-order chi connectivity index (χ1) is 12.9. The minimum absolute atomic E-state index is 0.0320. The molecule has 2 aromatic rings. The van der Waals surface area contributed by atoms with Crippen LogP contribution in [0.25, 0.3) is 0 Å². The molecule has 0 spiro atoms. The van der Waals surface area contributed by atoms with Crippen molar-refractivity contribution in [3.63, 3.8) is 0 Å². The van der Waals surface area contributed by atoms with Gasteiger partial charge in [-0.2, -0.15) is 17.5 Å². The number of benzene rings is 1. The van der Waals surface area contributed by atoms with Crippen LogP contribution in [-0.2, 0) is 21.6 Å². The van der Waals surface area contributed by atoms with Crippen LogP contribution in [0, 0.1) is 0 Å². The number of ether oxygens (including phenoxy) is 1. The maximum atomic E-state index is 12.7. The Morgan fingerprint density at radius 3 is 2.04 bits per heavy atom. The third-order valence-electron chi connectivity index (χ3n) is 4.52. The van der Waals surface area contributed by atoms with Crippen LogP contribution in [0.5, 0.6) is 5.88 Å². The van der Waals surface area contributed by atoms with Crippen LogP contribution in [0.3, 0.4) is 0 Å². The zero-order chi connectivity index (χ0) is 20.7. The molecule has 1 aromatic carbocycles. The van der Waals surface area contributed by atoms with Crippen LogP contribution in [-0.4, -0.2) is 36.9 Å². The summed E-state index contributed by atoms with van der Waals surface area (Å²) in [5.41, 5.74) is 0.0909. The lowest BCUT2D eigenvalue weighted by Crippen LogP contribution is -2.56. The molecule has 28 heavy (non-hydrogen) atoms. The molecular formula is C19H21F3N2O3S. The lowest BCUT2D eigenvalue weighted by Gasteiger charge is -2.37. The molecule has 0 amide bonds. The predicted octanol–water partition coefficient (Wildman–Crippen LogP) is 3.85. The van der Waals surface area contributed by atoms with Gasteiger partial charge in [-0.05, 0) is 29.2 Å². The molecule has 0 unspecified atom stereocenters. The third kappa shape index (κ3) is 4.30. The molecule has 2 heterocycles. The first-order valence-electron chi connectivity index (χ1n) is 8.68. The molecule has 0 saturated carbocycles. The zero-order valence-corrected chi connectivity index (χ0v) is 16.5. The maximum Gasteiger partial charge on any atom is 0.417 e. The van der Waals surface area contributed by atoms with Crippen molar-refractivity contribution in [2.75, 3.05) is 13.1 Å². The summed E-state index contributed by atoms with van der Waals surface area (Å²) in [7, 11) is -3.63. The third-order valence-corrected chi connectivity index (χ3v) is 6.37. The predicted molar refractivity (Wildman–Crippen MR) is 97.6 cm³/mol. The number of halogens is 3. The summed E-state index contributed by atoms with van der Waals surface area (Å²) in [6, 6.07) is 8.78. The van der Waals surface area contributed by atoms with Gasteiger partial charge in [0.05, 0.1) is 23.5 Å². The highest BCUT2D eigenvalue weighted by molar-refractivity contribution is 7.89. The van der Waals surface area contributed by atoms with Gasteiger partial charge in [-0.25, -0.2) is 13.4 Å². The second-order valence-corrected chi connectivity index (χ2v) is 9.66. The van der Waals surface area contributed by atoms with Crippen LogP contribution >= 0.6 is 0 Å². The number of hydrogen-bond acceptors (Lipinski definition) is 4. The van der Waals surface area contributed by atoms with E-state index >= 15 is 0 Å². The highest BCUT2D eigenvalue weighted by Crippen LogP contribution is 2.30. The topological polar surface area (TPSA) is 59.5 Å². The number of hydrogen-bond donors (Lipinski definition) is 0. The Morgan fingerprint density at radius 1 is 1.00 bits per heavy atom. The first-order valence-corrected chi connectivity index (χ1v) is 10.1. The molecule has 152 valence electrons. The van der Waals surface area contributed by atoms with Crippen LogP contribution in [0.15, 0.2) is 47.5 Å². The fraction of sp³-hybridized carbons (Fsp3) is 0.421. The summed E-state index contributed by atoms with van der Waals surface area (Å²) in [6.07, 6.45) is -4.22. The standard InChI is InChI=1S/C19H21F3N2O3S/c1-18(2,3)13-4-7-16(8-5-13)28(25,26)24-11-15(12-24)27-17-9-6-14(10-23-17)19(20,21)22/h4-10,15H,11-12H2,1-3H3. The van der Waals surface area contributed by atoms with Gasteiger partial charge < -0.3 is 4.74 Å². The van der Waals surface area contributed by atoms with Gasteiger partial charge in [0, 0.05) is 12.3 Å². The van der Waals surface area contributed by atoms with E-state index in [-0.39, 0.29) is 29.3 Å². The first kappa shape index (κ1) is 20.6. The van der Waals surface area contributed by atoms with Crippen LogP contribution in [0.1, 0.15) is 31.9 Å². The van der Waals surface area contributed by atoms with E-state index in [1.54, 1.807) is 24.3 Å². The lowest BCUT2D eigenvalue weighted by molar-refractivity contribution is -0.137. The quantitative estimate of drug-likeness (QED) is 0.763. The van der Waals surface area contributed by atoms with E-state index in [1.807, 2.05) is 20.8 Å². The Kier molecular flexibility index (Phi) is 5.18. The Labute approximate surface area is 162 Å². The Balaban J connectivity index is 1.61. The number of alkyl halides is 3. The smallest absolute Gasteiger partial charge is 0.417 e. The molecule has 0 N–H and O–H groups in total. The summed E-state index contributed by atoms with van der Waals surface area (Å²) < 4.78 is 69.7. The van der Waals surface area contributed by atoms with Crippen molar-refractivity contribution in [2.24, 2.45) is 0 Å². The van der Waals surface area contributed by atoms with Gasteiger partial charge in [-0.1, -0.05) is 32.9 Å². The van der Waals surface area contributed by atoms with E-state index in [2.05, 4.69) is 4.98 Å². The Hall–Kier alpha value is -2.13. The minimum Gasteiger partial charge on any atom is -0.472 e. The second-order valence-electron chi connectivity index (χ2n) is 7.72. The van der Waals surface area contributed by atoms with Gasteiger partial charge in [0.1, 0.15) is 6.10 Å². The highest BCUT2D eigenvalue weighted by Gasteiger charge is 2.38. The molecule has 1 aliphatic heterocycles. The van der Waals surface area contributed by atoms with Gasteiger partial charge in [0.25, 0.3) is 0 Å². The number of pyridine rings is 1. The molecule has 3 rings (SSSR count). The van der Waals surface area contributed by atoms with Crippen molar-refractivity contribution in [3.05, 3.63) is 53.7 Å². The normalized spacial score (nSPS) is 16.6. The molecular weight excluding hydrogens is 393 g/mol. The summed E-state index contributed by atoms with van der Waals surface area (Å²) in [6.45, 7) is 6.37. The van der Waals surface area contributed by atoms with Crippen molar-refractivity contribution < 1.29 is 26.3 Å². The monoisotopic (exact) mass is 414 g/mol. The minimum atomic E-state index is -4.46. The molecule has 1 aliphatic rings. The van der Waals surface area contributed by atoms with E-state index in [9.17, 15) is 21.6 Å².